The van der Waals surface area contributed by atoms with Crippen LogP contribution in [0.15, 0.2) is 24.3 Å². The van der Waals surface area contributed by atoms with Gasteiger partial charge in [-0.1, -0.05) is 18.0 Å². The van der Waals surface area contributed by atoms with Gasteiger partial charge in [0.1, 0.15) is 0 Å². The molecule has 1 N–H and O–H groups in total. The minimum Gasteiger partial charge on any atom is -0.348 e. The fourth-order valence-electron chi connectivity index (χ4n) is 3.60. The molecule has 1 aromatic rings. The van der Waals surface area contributed by atoms with Crippen LogP contribution >= 0.6 is 11.6 Å². The number of carbonyl (C=O) groups excluding carboxylic acids is 3. The minimum absolute atomic E-state index is 0.0513. The van der Waals surface area contributed by atoms with E-state index in [9.17, 15) is 14.4 Å². The van der Waals surface area contributed by atoms with Crippen LogP contribution in [0.3, 0.4) is 0 Å². The van der Waals surface area contributed by atoms with Crippen LogP contribution in [0.1, 0.15) is 49.9 Å². The van der Waals surface area contributed by atoms with Crippen molar-refractivity contribution in [2.75, 3.05) is 26.7 Å². The van der Waals surface area contributed by atoms with Gasteiger partial charge in [-0.3, -0.25) is 14.4 Å². The molecule has 1 heterocycles. The molecule has 0 aliphatic carbocycles. The molecule has 1 aliphatic heterocycles. The SMILES string of the molecule is CCN(CC)C(=O)C1CCCC(NC(=O)c2ccc(Cl)cc2)CN(C)C(=O)C1. The number of likely N-dealkylation sites (N-methyl/N-ethyl adjacent to an activating group) is 1. The van der Waals surface area contributed by atoms with Crippen molar-refractivity contribution >= 4 is 29.3 Å². The van der Waals surface area contributed by atoms with Gasteiger partial charge in [0.05, 0.1) is 0 Å². The Morgan fingerprint density at radius 3 is 2.43 bits per heavy atom. The standard InChI is InChI=1S/C21H30ClN3O3/c1-4-25(5-2)21(28)16-7-6-8-18(14-24(3)19(26)13-16)23-20(27)15-9-11-17(22)12-10-15/h9-12,16,18H,4-8,13-14H2,1-3H3,(H,23,27). The highest BCUT2D eigenvalue weighted by Crippen LogP contribution is 2.21. The van der Waals surface area contributed by atoms with Gasteiger partial charge in [-0.15, -0.1) is 0 Å². The number of halogens is 1. The highest BCUT2D eigenvalue weighted by Gasteiger charge is 2.29. The van der Waals surface area contributed by atoms with Crippen molar-refractivity contribution in [2.45, 2.75) is 45.6 Å². The lowest BCUT2D eigenvalue weighted by atomic mass is 9.95. The summed E-state index contributed by atoms with van der Waals surface area (Å²) >= 11 is 5.88. The zero-order valence-corrected chi connectivity index (χ0v) is 17.7. The molecule has 1 fully saturated rings. The van der Waals surface area contributed by atoms with E-state index >= 15 is 0 Å². The highest BCUT2D eigenvalue weighted by atomic mass is 35.5. The first-order valence-electron chi connectivity index (χ1n) is 9.94. The van der Waals surface area contributed by atoms with Gasteiger partial charge in [0.2, 0.25) is 11.8 Å². The van der Waals surface area contributed by atoms with Gasteiger partial charge in [-0.2, -0.15) is 0 Å². The summed E-state index contributed by atoms with van der Waals surface area (Å²) in [5.41, 5.74) is 0.535. The van der Waals surface area contributed by atoms with E-state index in [0.717, 1.165) is 12.8 Å². The summed E-state index contributed by atoms with van der Waals surface area (Å²) < 4.78 is 0. The smallest absolute Gasteiger partial charge is 0.251 e. The highest BCUT2D eigenvalue weighted by molar-refractivity contribution is 6.30. The summed E-state index contributed by atoms with van der Waals surface area (Å²) in [6.45, 7) is 5.63. The molecular weight excluding hydrogens is 378 g/mol. The largest absolute Gasteiger partial charge is 0.348 e. The first-order chi connectivity index (χ1) is 13.3. The van der Waals surface area contributed by atoms with Crippen molar-refractivity contribution in [3.05, 3.63) is 34.9 Å². The lowest BCUT2D eigenvalue weighted by Crippen LogP contribution is -2.44. The average Bonchev–Trinajstić information content (AvgIpc) is 2.73. The minimum atomic E-state index is -0.291. The van der Waals surface area contributed by atoms with Crippen molar-refractivity contribution in [1.29, 1.82) is 0 Å². The number of nitrogens with zero attached hydrogens (tertiary/aromatic N) is 2. The van der Waals surface area contributed by atoms with Crippen LogP contribution in [0.25, 0.3) is 0 Å². The molecule has 0 radical (unpaired) electrons. The number of carbonyl (C=O) groups is 3. The average molecular weight is 408 g/mol. The quantitative estimate of drug-likeness (QED) is 0.815. The van der Waals surface area contributed by atoms with Gasteiger partial charge in [0, 0.05) is 55.6 Å². The molecule has 2 unspecified atom stereocenters. The van der Waals surface area contributed by atoms with E-state index in [1.54, 1.807) is 41.1 Å². The van der Waals surface area contributed by atoms with Crippen LogP contribution < -0.4 is 5.32 Å². The number of rotatable bonds is 5. The van der Waals surface area contributed by atoms with Gasteiger partial charge < -0.3 is 15.1 Å². The van der Waals surface area contributed by atoms with E-state index < -0.39 is 0 Å². The summed E-state index contributed by atoms with van der Waals surface area (Å²) in [4.78, 5) is 41.3. The fraction of sp³-hybridized carbons (Fsp3) is 0.571. The molecule has 0 bridgehead atoms. The van der Waals surface area contributed by atoms with E-state index in [1.165, 1.54) is 0 Å². The maximum atomic E-state index is 12.7. The normalized spacial score (nSPS) is 20.7. The summed E-state index contributed by atoms with van der Waals surface area (Å²) in [5, 5.41) is 3.60. The zero-order valence-electron chi connectivity index (χ0n) is 16.9. The predicted octanol–water partition coefficient (Wildman–Crippen LogP) is 2.96. The third-order valence-corrected chi connectivity index (χ3v) is 5.56. The van der Waals surface area contributed by atoms with Gasteiger partial charge in [-0.25, -0.2) is 0 Å². The zero-order chi connectivity index (χ0) is 20.7. The number of amides is 3. The van der Waals surface area contributed by atoms with Gasteiger partial charge in [-0.05, 0) is 51.0 Å². The van der Waals surface area contributed by atoms with Gasteiger partial charge >= 0.3 is 0 Å². The van der Waals surface area contributed by atoms with Crippen molar-refractivity contribution < 1.29 is 14.4 Å². The van der Waals surface area contributed by atoms with Gasteiger partial charge in [0.25, 0.3) is 5.91 Å². The Labute approximate surface area is 172 Å². The molecule has 2 atom stereocenters. The van der Waals surface area contributed by atoms with E-state index in [4.69, 9.17) is 11.6 Å². The number of hydrogen-bond acceptors (Lipinski definition) is 3. The Balaban J connectivity index is 2.05. The molecule has 6 nitrogen and oxygen atoms in total. The van der Waals surface area contributed by atoms with E-state index in [0.29, 0.717) is 36.6 Å². The summed E-state index contributed by atoms with van der Waals surface area (Å²) in [5.74, 6) is -0.480. The second-order valence-corrected chi connectivity index (χ2v) is 7.73. The van der Waals surface area contributed by atoms with Crippen LogP contribution in [0.4, 0.5) is 0 Å². The number of hydrogen-bond donors (Lipinski definition) is 1. The van der Waals surface area contributed by atoms with Crippen molar-refractivity contribution in [2.24, 2.45) is 5.92 Å². The van der Waals surface area contributed by atoms with E-state index in [-0.39, 0.29) is 36.1 Å². The molecule has 0 spiro atoms. The van der Waals surface area contributed by atoms with Crippen molar-refractivity contribution in [3.8, 4) is 0 Å². The number of benzene rings is 1. The van der Waals surface area contributed by atoms with E-state index in [2.05, 4.69) is 5.32 Å². The van der Waals surface area contributed by atoms with Crippen molar-refractivity contribution in [1.82, 2.24) is 15.1 Å². The molecular formula is C21H30ClN3O3. The second kappa shape index (κ2) is 10.5. The number of nitrogens with one attached hydrogen (secondary N) is 1. The van der Waals surface area contributed by atoms with Crippen LogP contribution in [-0.4, -0.2) is 60.2 Å². The Morgan fingerprint density at radius 1 is 1.18 bits per heavy atom. The van der Waals surface area contributed by atoms with Gasteiger partial charge in [0.15, 0.2) is 0 Å². The molecule has 0 aromatic heterocycles. The maximum absolute atomic E-state index is 12.7. The Kier molecular flexibility index (Phi) is 8.30. The monoisotopic (exact) mass is 407 g/mol. The molecule has 1 saturated heterocycles. The first kappa shape index (κ1) is 22.2. The molecule has 154 valence electrons. The lowest BCUT2D eigenvalue weighted by molar-refractivity contribution is -0.140. The maximum Gasteiger partial charge on any atom is 0.251 e. The summed E-state index contributed by atoms with van der Waals surface area (Å²) in [7, 11) is 1.73. The topological polar surface area (TPSA) is 69.7 Å². The van der Waals surface area contributed by atoms with Crippen LogP contribution in [0.5, 0.6) is 0 Å². The molecule has 7 heteroatoms. The van der Waals surface area contributed by atoms with Crippen molar-refractivity contribution in [3.63, 3.8) is 0 Å². The lowest BCUT2D eigenvalue weighted by Gasteiger charge is -2.26. The molecule has 3 amide bonds. The molecule has 2 rings (SSSR count). The first-order valence-corrected chi connectivity index (χ1v) is 10.3. The fourth-order valence-corrected chi connectivity index (χ4v) is 3.72. The Hall–Kier alpha value is -2.08. The molecule has 28 heavy (non-hydrogen) atoms. The third-order valence-electron chi connectivity index (χ3n) is 5.31. The predicted molar refractivity (Wildman–Crippen MR) is 110 cm³/mol. The van der Waals surface area contributed by atoms with Crippen LogP contribution in [-0.2, 0) is 9.59 Å². The Morgan fingerprint density at radius 2 is 1.82 bits per heavy atom. The van der Waals surface area contributed by atoms with E-state index in [1.807, 2.05) is 13.8 Å². The summed E-state index contributed by atoms with van der Waals surface area (Å²) in [6.07, 6.45) is 2.38. The van der Waals surface area contributed by atoms with Crippen LogP contribution in [0.2, 0.25) is 5.02 Å². The van der Waals surface area contributed by atoms with Crippen LogP contribution in [0, 0.1) is 5.92 Å². The molecule has 1 aliphatic rings. The second-order valence-electron chi connectivity index (χ2n) is 7.29. The summed E-state index contributed by atoms with van der Waals surface area (Å²) in [6, 6.07) is 6.57. The molecule has 0 saturated carbocycles. The molecule has 1 aromatic carbocycles. The Bertz CT molecular complexity index is 689. The third kappa shape index (κ3) is 5.96.